The van der Waals surface area contributed by atoms with E-state index in [9.17, 15) is 4.79 Å². The summed E-state index contributed by atoms with van der Waals surface area (Å²) in [6, 6.07) is 14.9. The predicted molar refractivity (Wildman–Crippen MR) is 84.7 cm³/mol. The van der Waals surface area contributed by atoms with Crippen LogP contribution in [0.2, 0.25) is 10.0 Å². The van der Waals surface area contributed by atoms with Gasteiger partial charge >= 0.3 is 0 Å². The molecular weight excluding hydrogens is 315 g/mol. The average molecular weight is 328 g/mol. The Morgan fingerprint density at radius 2 is 1.15 bits per heavy atom. The molecule has 0 fully saturated rings. The van der Waals surface area contributed by atoms with Crippen molar-refractivity contribution in [1.29, 1.82) is 0 Å². The molecule has 2 rings (SSSR count). The lowest BCUT2D eigenvalue weighted by Gasteiger charge is -2.13. The summed E-state index contributed by atoms with van der Waals surface area (Å²) in [5.41, 5.74) is 2.09. The Kier molecular flexibility index (Phi) is 5.47. The molecule has 0 atom stereocenters. The molecule has 0 N–H and O–H groups in total. The maximum atomic E-state index is 11.6. The highest BCUT2D eigenvalue weighted by Crippen LogP contribution is 2.20. The van der Waals surface area contributed by atoms with Gasteiger partial charge in [-0.1, -0.05) is 47.5 Å². The van der Waals surface area contributed by atoms with E-state index in [4.69, 9.17) is 34.8 Å². The minimum Gasteiger partial charge on any atom is -0.281 e. The highest BCUT2D eigenvalue weighted by Gasteiger charge is 2.17. The van der Waals surface area contributed by atoms with Gasteiger partial charge in [-0.2, -0.15) is 0 Å². The van der Waals surface area contributed by atoms with Crippen LogP contribution in [0.5, 0.6) is 0 Å². The molecule has 20 heavy (non-hydrogen) atoms. The van der Waals surface area contributed by atoms with E-state index < -0.39 is 0 Å². The number of hydrogen-bond acceptors (Lipinski definition) is 1. The molecule has 0 radical (unpaired) electrons. The van der Waals surface area contributed by atoms with Crippen LogP contribution in [0, 0.1) is 5.92 Å². The van der Waals surface area contributed by atoms with Gasteiger partial charge in [0.05, 0.1) is 0 Å². The molecule has 0 saturated heterocycles. The van der Waals surface area contributed by atoms with Gasteiger partial charge in [0.2, 0.25) is 5.24 Å². The van der Waals surface area contributed by atoms with E-state index in [-0.39, 0.29) is 11.2 Å². The first kappa shape index (κ1) is 15.4. The van der Waals surface area contributed by atoms with Crippen molar-refractivity contribution in [3.8, 4) is 0 Å². The van der Waals surface area contributed by atoms with Crippen LogP contribution in [0.4, 0.5) is 0 Å². The van der Waals surface area contributed by atoms with Gasteiger partial charge in [-0.05, 0) is 59.8 Å². The van der Waals surface area contributed by atoms with Crippen molar-refractivity contribution in [2.24, 2.45) is 5.92 Å². The van der Waals surface area contributed by atoms with Crippen LogP contribution in [-0.2, 0) is 17.6 Å². The molecule has 2 aromatic carbocycles. The standard InChI is InChI=1S/C16H13Cl3O/c17-14-5-1-11(2-6-14)9-13(16(19)20)10-12-3-7-15(18)8-4-12/h1-8,13H,9-10H2. The lowest BCUT2D eigenvalue weighted by molar-refractivity contribution is -0.115. The van der Waals surface area contributed by atoms with Gasteiger partial charge in [0.15, 0.2) is 0 Å². The highest BCUT2D eigenvalue weighted by molar-refractivity contribution is 6.64. The smallest absolute Gasteiger partial charge is 0.225 e. The molecule has 0 aliphatic rings. The molecule has 0 aliphatic carbocycles. The van der Waals surface area contributed by atoms with Crippen LogP contribution < -0.4 is 0 Å². The molecule has 0 spiro atoms. The molecule has 1 nitrogen and oxygen atoms in total. The van der Waals surface area contributed by atoms with Gasteiger partial charge in [-0.25, -0.2) is 0 Å². The fourth-order valence-electron chi connectivity index (χ4n) is 2.04. The van der Waals surface area contributed by atoms with Crippen LogP contribution in [0.15, 0.2) is 48.5 Å². The van der Waals surface area contributed by atoms with E-state index in [1.807, 2.05) is 48.5 Å². The Hall–Kier alpha value is -1.02. The summed E-state index contributed by atoms with van der Waals surface area (Å²) in [6.07, 6.45) is 1.20. The molecule has 0 amide bonds. The first-order chi connectivity index (χ1) is 9.54. The third-order valence-electron chi connectivity index (χ3n) is 3.11. The quantitative estimate of drug-likeness (QED) is 0.693. The second-order valence-electron chi connectivity index (χ2n) is 4.66. The van der Waals surface area contributed by atoms with Gasteiger partial charge < -0.3 is 0 Å². The Balaban J connectivity index is 2.09. The van der Waals surface area contributed by atoms with Crippen LogP contribution in [0.1, 0.15) is 11.1 Å². The average Bonchev–Trinajstić information content (AvgIpc) is 2.42. The first-order valence-electron chi connectivity index (χ1n) is 6.23. The molecule has 2 aromatic rings. The van der Waals surface area contributed by atoms with Gasteiger partial charge in [0, 0.05) is 16.0 Å². The van der Waals surface area contributed by atoms with E-state index in [0.717, 1.165) is 11.1 Å². The Labute approximate surface area is 133 Å². The van der Waals surface area contributed by atoms with Crippen molar-refractivity contribution in [3.63, 3.8) is 0 Å². The lowest BCUT2D eigenvalue weighted by atomic mass is 9.93. The molecule has 0 aliphatic heterocycles. The van der Waals surface area contributed by atoms with E-state index in [1.54, 1.807) is 0 Å². The summed E-state index contributed by atoms with van der Waals surface area (Å²) < 4.78 is 0. The number of halogens is 3. The van der Waals surface area contributed by atoms with E-state index in [0.29, 0.717) is 22.9 Å². The van der Waals surface area contributed by atoms with E-state index in [2.05, 4.69) is 0 Å². The van der Waals surface area contributed by atoms with Crippen LogP contribution >= 0.6 is 34.8 Å². The zero-order valence-corrected chi connectivity index (χ0v) is 12.9. The van der Waals surface area contributed by atoms with Gasteiger partial charge in [0.1, 0.15) is 0 Å². The molecule has 0 aromatic heterocycles. The monoisotopic (exact) mass is 326 g/mol. The molecule has 0 saturated carbocycles. The fraction of sp³-hybridized carbons (Fsp3) is 0.188. The number of benzene rings is 2. The zero-order valence-electron chi connectivity index (χ0n) is 10.7. The van der Waals surface area contributed by atoms with Crippen molar-refractivity contribution < 1.29 is 4.79 Å². The minimum absolute atomic E-state index is 0.251. The Morgan fingerprint density at radius 1 is 0.800 bits per heavy atom. The third-order valence-corrected chi connectivity index (χ3v) is 3.92. The summed E-state index contributed by atoms with van der Waals surface area (Å²) in [6.45, 7) is 0. The molecule has 0 bridgehead atoms. The Bertz CT molecular complexity index is 528. The van der Waals surface area contributed by atoms with Crippen molar-refractivity contribution in [2.75, 3.05) is 0 Å². The van der Waals surface area contributed by atoms with Crippen molar-refractivity contribution in [3.05, 3.63) is 69.7 Å². The third kappa shape index (κ3) is 4.52. The largest absolute Gasteiger partial charge is 0.281 e. The fourth-order valence-corrected chi connectivity index (χ4v) is 2.45. The molecular formula is C16H13Cl3O. The number of carbonyl (C=O) groups excluding carboxylic acids is 1. The maximum Gasteiger partial charge on any atom is 0.225 e. The maximum absolute atomic E-state index is 11.6. The topological polar surface area (TPSA) is 17.1 Å². The normalized spacial score (nSPS) is 10.8. The van der Waals surface area contributed by atoms with Gasteiger partial charge in [-0.3, -0.25) is 4.79 Å². The summed E-state index contributed by atoms with van der Waals surface area (Å²) in [5.74, 6) is -0.251. The first-order valence-corrected chi connectivity index (χ1v) is 7.36. The van der Waals surface area contributed by atoms with Crippen LogP contribution in [-0.4, -0.2) is 5.24 Å². The summed E-state index contributed by atoms with van der Waals surface area (Å²) >= 11 is 17.4. The summed E-state index contributed by atoms with van der Waals surface area (Å²) in [4.78, 5) is 11.6. The second-order valence-corrected chi connectivity index (χ2v) is 5.91. The molecule has 0 unspecified atom stereocenters. The lowest BCUT2D eigenvalue weighted by Crippen LogP contribution is -2.15. The molecule has 4 heteroatoms. The predicted octanol–water partition coefficient (Wildman–Crippen LogP) is 5.16. The summed E-state index contributed by atoms with van der Waals surface area (Å²) in [7, 11) is 0. The zero-order chi connectivity index (χ0) is 14.5. The number of rotatable bonds is 5. The van der Waals surface area contributed by atoms with E-state index in [1.165, 1.54) is 0 Å². The molecule has 104 valence electrons. The van der Waals surface area contributed by atoms with Crippen molar-refractivity contribution in [2.45, 2.75) is 12.8 Å². The SMILES string of the molecule is O=C(Cl)C(Cc1ccc(Cl)cc1)Cc1ccc(Cl)cc1. The van der Waals surface area contributed by atoms with Gasteiger partial charge in [0.25, 0.3) is 0 Å². The second kappa shape index (κ2) is 7.12. The van der Waals surface area contributed by atoms with Crippen LogP contribution in [0.3, 0.4) is 0 Å². The minimum atomic E-state index is -0.324. The van der Waals surface area contributed by atoms with Crippen molar-refractivity contribution >= 4 is 40.0 Å². The van der Waals surface area contributed by atoms with Crippen molar-refractivity contribution in [1.82, 2.24) is 0 Å². The van der Waals surface area contributed by atoms with Gasteiger partial charge in [-0.15, -0.1) is 0 Å². The van der Waals surface area contributed by atoms with Crippen LogP contribution in [0.25, 0.3) is 0 Å². The highest BCUT2D eigenvalue weighted by atomic mass is 35.5. The number of hydrogen-bond donors (Lipinski definition) is 0. The number of carbonyl (C=O) groups is 1. The van der Waals surface area contributed by atoms with E-state index >= 15 is 0 Å². The Morgan fingerprint density at radius 3 is 1.45 bits per heavy atom. The summed E-state index contributed by atoms with van der Waals surface area (Å²) in [5, 5.41) is 1.04. The molecule has 0 heterocycles.